The van der Waals surface area contributed by atoms with Gasteiger partial charge in [-0.1, -0.05) is 29.8 Å². The number of thiophene rings is 1. The molecule has 2 heterocycles. The molecule has 3 rings (SSSR count). The van der Waals surface area contributed by atoms with Crippen molar-refractivity contribution in [2.24, 2.45) is 0 Å². The summed E-state index contributed by atoms with van der Waals surface area (Å²) < 4.78 is 5.69. The molecule has 0 saturated carbocycles. The van der Waals surface area contributed by atoms with Gasteiger partial charge < -0.3 is 4.42 Å². The van der Waals surface area contributed by atoms with Crippen LogP contribution in [0.1, 0.15) is 15.4 Å². The van der Waals surface area contributed by atoms with Crippen LogP contribution in [0.25, 0.3) is 17.4 Å². The molecule has 0 aliphatic rings. The van der Waals surface area contributed by atoms with Gasteiger partial charge in [-0.3, -0.25) is 4.79 Å². The highest BCUT2D eigenvalue weighted by Gasteiger charge is 2.14. The van der Waals surface area contributed by atoms with Gasteiger partial charge in [-0.05, 0) is 35.7 Å². The van der Waals surface area contributed by atoms with Crippen LogP contribution in [0.2, 0.25) is 5.02 Å². The summed E-state index contributed by atoms with van der Waals surface area (Å²) in [5, 5.41) is 11.6. The largest absolute Gasteiger partial charge is 0.457 e. The Balaban J connectivity index is 1.92. The number of hydrogen-bond donors (Lipinski definition) is 0. The number of nitriles is 1. The zero-order chi connectivity index (χ0) is 16.2. The van der Waals surface area contributed by atoms with E-state index in [1.807, 2.05) is 24.3 Å². The van der Waals surface area contributed by atoms with Gasteiger partial charge in [-0.15, -0.1) is 11.3 Å². The number of allylic oxidation sites excluding steroid dienone is 1. The molecule has 112 valence electrons. The quantitative estimate of drug-likeness (QED) is 0.360. The van der Waals surface area contributed by atoms with Crippen molar-refractivity contribution in [3.8, 4) is 17.4 Å². The number of benzene rings is 1. The molecule has 5 heteroatoms. The third-order valence-corrected chi connectivity index (χ3v) is 4.36. The van der Waals surface area contributed by atoms with Gasteiger partial charge in [0.25, 0.3) is 0 Å². The van der Waals surface area contributed by atoms with E-state index in [0.29, 0.717) is 21.4 Å². The predicted molar refractivity (Wildman–Crippen MR) is 91.4 cm³/mol. The number of rotatable bonds is 4. The van der Waals surface area contributed by atoms with Crippen LogP contribution in [0.4, 0.5) is 0 Å². The van der Waals surface area contributed by atoms with E-state index in [2.05, 4.69) is 0 Å². The summed E-state index contributed by atoms with van der Waals surface area (Å²) in [4.78, 5) is 12.8. The Hall–Kier alpha value is -2.61. The van der Waals surface area contributed by atoms with Crippen molar-refractivity contribution in [3.05, 3.63) is 75.1 Å². The Morgan fingerprint density at radius 2 is 2.00 bits per heavy atom. The van der Waals surface area contributed by atoms with Crippen LogP contribution in [-0.4, -0.2) is 5.78 Å². The zero-order valence-corrected chi connectivity index (χ0v) is 13.4. The Morgan fingerprint density at radius 1 is 1.17 bits per heavy atom. The maximum absolute atomic E-state index is 12.2. The van der Waals surface area contributed by atoms with Crippen LogP contribution in [0.5, 0.6) is 0 Å². The van der Waals surface area contributed by atoms with Gasteiger partial charge in [-0.2, -0.15) is 5.26 Å². The van der Waals surface area contributed by atoms with E-state index in [-0.39, 0.29) is 11.4 Å². The van der Waals surface area contributed by atoms with Crippen LogP contribution in [0, 0.1) is 11.3 Å². The lowest BCUT2D eigenvalue weighted by Gasteiger charge is -1.99. The second-order valence-corrected chi connectivity index (χ2v) is 6.01. The molecule has 0 aliphatic heterocycles. The molecular weight excluding hydrogens is 330 g/mol. The summed E-state index contributed by atoms with van der Waals surface area (Å²) in [5.74, 6) is 0.710. The van der Waals surface area contributed by atoms with E-state index in [1.165, 1.54) is 17.4 Å². The summed E-state index contributed by atoms with van der Waals surface area (Å²) >= 11 is 7.44. The van der Waals surface area contributed by atoms with Gasteiger partial charge in [0.1, 0.15) is 23.2 Å². The number of Topliss-reactive ketones (excluding diaryl/α,β-unsaturated/α-hetero) is 1. The minimum Gasteiger partial charge on any atom is -0.457 e. The molecule has 0 aliphatic carbocycles. The standard InChI is InChI=1S/C18H10ClNO2S/c19-15-5-2-1-4-14(15)16-8-7-13(22-16)10-12(11-20)18(21)17-6-3-9-23-17/h1-10H/b12-10+. The number of halogens is 1. The number of nitrogens with zero attached hydrogens (tertiary/aromatic N) is 1. The lowest BCUT2D eigenvalue weighted by molar-refractivity contribution is 0.104. The molecule has 2 aromatic heterocycles. The van der Waals surface area contributed by atoms with E-state index in [9.17, 15) is 10.1 Å². The van der Waals surface area contributed by atoms with Gasteiger partial charge >= 0.3 is 0 Å². The fourth-order valence-corrected chi connectivity index (χ4v) is 2.97. The SMILES string of the molecule is N#C/C(=C\c1ccc(-c2ccccc2Cl)o1)C(=O)c1cccs1. The van der Waals surface area contributed by atoms with Crippen molar-refractivity contribution >= 4 is 34.8 Å². The van der Waals surface area contributed by atoms with E-state index < -0.39 is 0 Å². The Kier molecular flexibility index (Phi) is 4.42. The summed E-state index contributed by atoms with van der Waals surface area (Å²) in [7, 11) is 0. The summed E-state index contributed by atoms with van der Waals surface area (Å²) in [6.07, 6.45) is 1.45. The Bertz CT molecular complexity index is 917. The zero-order valence-electron chi connectivity index (χ0n) is 11.8. The average molecular weight is 340 g/mol. The molecule has 3 aromatic rings. The topological polar surface area (TPSA) is 54.0 Å². The highest BCUT2D eigenvalue weighted by molar-refractivity contribution is 7.12. The van der Waals surface area contributed by atoms with Crippen LogP contribution in [0.3, 0.4) is 0 Å². The minimum absolute atomic E-state index is 0.0347. The lowest BCUT2D eigenvalue weighted by Crippen LogP contribution is -1.98. The van der Waals surface area contributed by atoms with Crippen molar-refractivity contribution in [3.63, 3.8) is 0 Å². The third-order valence-electron chi connectivity index (χ3n) is 3.16. The molecule has 0 atom stereocenters. The highest BCUT2D eigenvalue weighted by Crippen LogP contribution is 2.29. The minimum atomic E-state index is -0.307. The van der Waals surface area contributed by atoms with Crippen molar-refractivity contribution in [2.75, 3.05) is 0 Å². The Morgan fingerprint density at radius 3 is 2.70 bits per heavy atom. The molecule has 0 spiro atoms. The number of hydrogen-bond acceptors (Lipinski definition) is 4. The number of carbonyl (C=O) groups is 1. The summed E-state index contributed by atoms with van der Waals surface area (Å²) in [5.41, 5.74) is 0.796. The highest BCUT2D eigenvalue weighted by atomic mass is 35.5. The third kappa shape index (κ3) is 3.26. The molecule has 0 bridgehead atoms. The van der Waals surface area contributed by atoms with Crippen LogP contribution in [0.15, 0.2) is 63.9 Å². The van der Waals surface area contributed by atoms with Gasteiger partial charge in [0.15, 0.2) is 0 Å². The number of furan rings is 1. The van der Waals surface area contributed by atoms with Gasteiger partial charge in [0.2, 0.25) is 5.78 Å². The number of carbonyl (C=O) groups excluding carboxylic acids is 1. The van der Waals surface area contributed by atoms with Crippen LogP contribution in [-0.2, 0) is 0 Å². The number of ketones is 1. The molecular formula is C18H10ClNO2S. The first-order valence-electron chi connectivity index (χ1n) is 6.74. The molecule has 0 amide bonds. The predicted octanol–water partition coefficient (Wildman–Crippen LogP) is 5.45. The first-order valence-corrected chi connectivity index (χ1v) is 7.99. The van der Waals surface area contributed by atoms with Crippen LogP contribution < -0.4 is 0 Å². The summed E-state index contributed by atoms with van der Waals surface area (Å²) in [6.45, 7) is 0. The van der Waals surface area contributed by atoms with Gasteiger partial charge in [0, 0.05) is 11.6 Å². The monoisotopic (exact) mass is 339 g/mol. The lowest BCUT2D eigenvalue weighted by atomic mass is 10.1. The second kappa shape index (κ2) is 6.66. The molecule has 0 unspecified atom stereocenters. The maximum atomic E-state index is 12.2. The molecule has 0 N–H and O–H groups in total. The van der Waals surface area contributed by atoms with Crippen molar-refractivity contribution in [1.82, 2.24) is 0 Å². The second-order valence-electron chi connectivity index (χ2n) is 4.66. The van der Waals surface area contributed by atoms with Gasteiger partial charge in [0.05, 0.1) is 9.90 Å². The van der Waals surface area contributed by atoms with Crippen molar-refractivity contribution < 1.29 is 9.21 Å². The first-order chi connectivity index (χ1) is 11.2. The molecule has 23 heavy (non-hydrogen) atoms. The van der Waals surface area contributed by atoms with E-state index in [1.54, 1.807) is 35.7 Å². The molecule has 0 fully saturated rings. The van der Waals surface area contributed by atoms with Gasteiger partial charge in [-0.25, -0.2) is 0 Å². The van der Waals surface area contributed by atoms with Crippen molar-refractivity contribution in [1.29, 1.82) is 5.26 Å². The smallest absolute Gasteiger partial charge is 0.213 e. The fraction of sp³-hybridized carbons (Fsp3) is 0. The molecule has 0 radical (unpaired) electrons. The fourth-order valence-electron chi connectivity index (χ4n) is 2.07. The molecule has 0 saturated heterocycles. The summed E-state index contributed by atoms with van der Waals surface area (Å²) in [6, 6.07) is 16.2. The van der Waals surface area contributed by atoms with E-state index >= 15 is 0 Å². The maximum Gasteiger partial charge on any atom is 0.213 e. The van der Waals surface area contributed by atoms with Crippen LogP contribution >= 0.6 is 22.9 Å². The van der Waals surface area contributed by atoms with E-state index in [0.717, 1.165) is 5.56 Å². The average Bonchev–Trinajstić information content (AvgIpc) is 3.24. The Labute approximate surface area is 142 Å². The normalized spacial score (nSPS) is 11.2. The first kappa shape index (κ1) is 15.3. The van der Waals surface area contributed by atoms with Crippen molar-refractivity contribution in [2.45, 2.75) is 0 Å². The molecule has 1 aromatic carbocycles. The van der Waals surface area contributed by atoms with E-state index in [4.69, 9.17) is 16.0 Å². The molecule has 3 nitrogen and oxygen atoms in total.